The lowest BCUT2D eigenvalue weighted by Gasteiger charge is -2.24. The van der Waals surface area contributed by atoms with E-state index in [4.69, 9.17) is 4.52 Å². The lowest BCUT2D eigenvalue weighted by Crippen LogP contribution is -2.10. The molecule has 2 saturated heterocycles. The van der Waals surface area contributed by atoms with Gasteiger partial charge in [-0.2, -0.15) is 0 Å². The molecule has 118 valence electrons. The fourth-order valence-corrected chi connectivity index (χ4v) is 4.54. The Bertz CT molecular complexity index is 657. The van der Waals surface area contributed by atoms with Crippen LogP contribution in [-0.2, 0) is 9.09 Å². The Hall–Kier alpha value is -1.67. The number of nitro benzene ring substituents is 1. The largest absolute Gasteiger partial charge is 0.346 e. The van der Waals surface area contributed by atoms with Crippen LogP contribution in [0.3, 0.4) is 0 Å². The van der Waals surface area contributed by atoms with Gasteiger partial charge in [-0.3, -0.25) is 19.2 Å². The second-order valence-electron chi connectivity index (χ2n) is 5.24. The van der Waals surface area contributed by atoms with Gasteiger partial charge in [0.15, 0.2) is 5.69 Å². The van der Waals surface area contributed by atoms with Crippen molar-refractivity contribution in [1.82, 2.24) is 9.34 Å². The number of nitrogens with zero attached hydrogens (tertiary/aromatic N) is 4. The molecule has 0 N–H and O–H groups in total. The summed E-state index contributed by atoms with van der Waals surface area (Å²) in [6.07, 6.45) is -0.562. The summed E-state index contributed by atoms with van der Waals surface area (Å²) in [4.78, 5) is 20.9. The van der Waals surface area contributed by atoms with E-state index >= 15 is 0 Å². The van der Waals surface area contributed by atoms with Crippen LogP contribution in [0.5, 0.6) is 0 Å². The smallest absolute Gasteiger partial charge is 0.298 e. The van der Waals surface area contributed by atoms with Crippen molar-refractivity contribution < 1.29 is 14.0 Å². The molecule has 0 bridgehead atoms. The third-order valence-corrected chi connectivity index (χ3v) is 6.44. The molecule has 0 radical (unpaired) electrons. The van der Waals surface area contributed by atoms with Crippen molar-refractivity contribution in [3.63, 3.8) is 0 Å². The highest BCUT2D eigenvalue weighted by molar-refractivity contribution is 7.54. The molecule has 2 fully saturated rings. The van der Waals surface area contributed by atoms with Crippen LogP contribution in [0.15, 0.2) is 23.4 Å². The first kappa shape index (κ1) is 15.2. The van der Waals surface area contributed by atoms with Gasteiger partial charge in [0.05, 0.1) is 11.0 Å². The van der Waals surface area contributed by atoms with Crippen LogP contribution < -0.4 is 0 Å². The zero-order valence-corrected chi connectivity index (χ0v) is 12.8. The maximum absolute atomic E-state index is 12.9. The molecule has 0 aromatic heterocycles. The van der Waals surface area contributed by atoms with E-state index in [1.54, 1.807) is 16.3 Å². The van der Waals surface area contributed by atoms with Gasteiger partial charge in [0.1, 0.15) is 0 Å². The lowest BCUT2D eigenvalue weighted by molar-refractivity contribution is -0.384. The second-order valence-corrected chi connectivity index (χ2v) is 7.57. The Kier molecular flexibility index (Phi) is 3.82. The van der Waals surface area contributed by atoms with Crippen LogP contribution in [0.4, 0.5) is 11.4 Å². The van der Waals surface area contributed by atoms with Crippen LogP contribution in [0.2, 0.25) is 0 Å². The standard InChI is InChI=1S/C12H15N4O5P/c1-9(21-22(20,14-4-5-14)15-6-7-15)10-2-3-12(16(18)19)11(8-10)13-17/h2-3,8-9H,4-7H2,1H3. The fourth-order valence-electron chi connectivity index (χ4n) is 2.19. The summed E-state index contributed by atoms with van der Waals surface area (Å²) in [7, 11) is -2.99. The SMILES string of the molecule is CC(OP(=O)(N1CC1)N1CC1)c1ccc([N+](=O)[O-])c(N=O)c1. The molecule has 1 atom stereocenters. The van der Waals surface area contributed by atoms with E-state index in [0.29, 0.717) is 5.56 Å². The molecule has 0 spiro atoms. The average Bonchev–Trinajstić information content (AvgIpc) is 3.37. The zero-order valence-electron chi connectivity index (χ0n) is 11.9. The summed E-state index contributed by atoms with van der Waals surface area (Å²) in [6.45, 7) is 4.66. The quantitative estimate of drug-likeness (QED) is 0.249. The Balaban J connectivity index is 1.82. The van der Waals surface area contributed by atoms with Crippen LogP contribution in [0.1, 0.15) is 18.6 Å². The van der Waals surface area contributed by atoms with E-state index < -0.39 is 18.7 Å². The van der Waals surface area contributed by atoms with Gasteiger partial charge in [-0.1, -0.05) is 0 Å². The lowest BCUT2D eigenvalue weighted by atomic mass is 10.1. The van der Waals surface area contributed by atoms with Crippen LogP contribution in [0.25, 0.3) is 0 Å². The van der Waals surface area contributed by atoms with Crippen molar-refractivity contribution >= 4 is 19.0 Å². The van der Waals surface area contributed by atoms with E-state index in [9.17, 15) is 19.6 Å². The van der Waals surface area contributed by atoms with Gasteiger partial charge in [0, 0.05) is 32.2 Å². The summed E-state index contributed by atoms with van der Waals surface area (Å²) in [5, 5.41) is 13.5. The monoisotopic (exact) mass is 326 g/mol. The number of nitro groups is 1. The molecule has 2 heterocycles. The summed E-state index contributed by atoms with van der Waals surface area (Å²) in [5.74, 6) is 0. The van der Waals surface area contributed by atoms with Crippen molar-refractivity contribution in [3.8, 4) is 0 Å². The highest BCUT2D eigenvalue weighted by Gasteiger charge is 2.50. The minimum absolute atomic E-state index is 0.258. The van der Waals surface area contributed by atoms with E-state index in [1.165, 1.54) is 18.2 Å². The van der Waals surface area contributed by atoms with Gasteiger partial charge >= 0.3 is 7.67 Å². The molecule has 1 aromatic rings. The van der Waals surface area contributed by atoms with Crippen molar-refractivity contribution in [1.29, 1.82) is 0 Å². The second kappa shape index (κ2) is 5.51. The number of hydrogen-bond donors (Lipinski definition) is 0. The topological polar surface area (TPSA) is 105 Å². The summed E-state index contributed by atoms with van der Waals surface area (Å²) < 4.78 is 22.2. The minimum atomic E-state index is -2.99. The molecule has 2 aliphatic heterocycles. The Morgan fingerprint density at radius 3 is 2.36 bits per heavy atom. The minimum Gasteiger partial charge on any atom is -0.298 e. The molecule has 1 unspecified atom stereocenters. The van der Waals surface area contributed by atoms with Crippen molar-refractivity contribution in [2.45, 2.75) is 13.0 Å². The molecular weight excluding hydrogens is 311 g/mol. The molecule has 10 heteroatoms. The van der Waals surface area contributed by atoms with Gasteiger partial charge in [-0.15, -0.1) is 4.91 Å². The van der Waals surface area contributed by atoms with Gasteiger partial charge in [-0.25, -0.2) is 9.34 Å². The Morgan fingerprint density at radius 2 is 1.91 bits per heavy atom. The zero-order chi connectivity index (χ0) is 15.9. The van der Waals surface area contributed by atoms with Crippen LogP contribution in [-0.4, -0.2) is 40.4 Å². The highest BCUT2D eigenvalue weighted by atomic mass is 31.2. The van der Waals surface area contributed by atoms with Gasteiger partial charge < -0.3 is 0 Å². The van der Waals surface area contributed by atoms with Gasteiger partial charge in [0.25, 0.3) is 5.69 Å². The summed E-state index contributed by atoms with van der Waals surface area (Å²) in [5.41, 5.74) is -0.0821. The average molecular weight is 326 g/mol. The molecule has 3 rings (SSSR count). The van der Waals surface area contributed by atoms with Crippen molar-refractivity contribution in [2.75, 3.05) is 26.2 Å². The molecule has 9 nitrogen and oxygen atoms in total. The number of benzene rings is 1. The van der Waals surface area contributed by atoms with E-state index in [-0.39, 0.29) is 11.4 Å². The first-order chi connectivity index (χ1) is 10.5. The normalized spacial score (nSPS) is 19.7. The Labute approximate surface area is 126 Å². The van der Waals surface area contributed by atoms with Crippen molar-refractivity contribution in [2.24, 2.45) is 5.18 Å². The fraction of sp³-hybridized carbons (Fsp3) is 0.500. The Morgan fingerprint density at radius 1 is 1.32 bits per heavy atom. The third-order valence-electron chi connectivity index (χ3n) is 3.62. The number of nitroso groups, excluding NO2 is 1. The van der Waals surface area contributed by atoms with E-state index in [0.717, 1.165) is 26.2 Å². The first-order valence-corrected chi connectivity index (χ1v) is 8.40. The highest BCUT2D eigenvalue weighted by Crippen LogP contribution is 2.63. The van der Waals surface area contributed by atoms with Crippen LogP contribution in [0, 0.1) is 15.0 Å². The van der Waals surface area contributed by atoms with Crippen LogP contribution >= 0.6 is 7.67 Å². The van der Waals surface area contributed by atoms with Gasteiger partial charge in [0.2, 0.25) is 0 Å². The maximum atomic E-state index is 12.9. The molecule has 22 heavy (non-hydrogen) atoms. The molecule has 2 aliphatic rings. The van der Waals surface area contributed by atoms with Gasteiger partial charge in [-0.05, 0) is 29.8 Å². The summed E-state index contributed by atoms with van der Waals surface area (Å²) >= 11 is 0. The maximum Gasteiger partial charge on any atom is 0.346 e. The third kappa shape index (κ3) is 2.80. The molecule has 1 aromatic carbocycles. The van der Waals surface area contributed by atoms with Crippen molar-refractivity contribution in [3.05, 3.63) is 38.8 Å². The molecule has 0 saturated carbocycles. The molecule has 0 amide bonds. The number of hydrogen-bond acceptors (Lipinski definition) is 6. The predicted octanol–water partition coefficient (Wildman–Crippen LogP) is 2.81. The molecule has 0 aliphatic carbocycles. The molecular formula is C12H15N4O5P. The van der Waals surface area contributed by atoms with E-state index in [1.807, 2.05) is 0 Å². The predicted molar refractivity (Wildman–Crippen MR) is 78.8 cm³/mol. The number of rotatable bonds is 7. The first-order valence-electron chi connectivity index (χ1n) is 6.86. The summed E-state index contributed by atoms with van der Waals surface area (Å²) in [6, 6.07) is 4.02. The van der Waals surface area contributed by atoms with E-state index in [2.05, 4.69) is 5.18 Å².